The monoisotopic (exact) mass is 416 g/mol. The average molecular weight is 417 g/mol. The molecule has 3 nitrogen and oxygen atoms in total. The number of anilines is 1. The van der Waals surface area contributed by atoms with Crippen LogP contribution in [0.4, 0.5) is 5.69 Å². The summed E-state index contributed by atoms with van der Waals surface area (Å²) in [6.45, 7) is 0. The maximum Gasteiger partial charge on any atom is 0.238 e. The molecule has 0 aliphatic heterocycles. The van der Waals surface area contributed by atoms with Crippen molar-refractivity contribution in [3.05, 3.63) is 108 Å². The van der Waals surface area contributed by atoms with Gasteiger partial charge in [-0.15, -0.1) is 0 Å². The third-order valence-electron chi connectivity index (χ3n) is 4.53. The second kappa shape index (κ2) is 8.43. The van der Waals surface area contributed by atoms with Gasteiger partial charge in [-0.1, -0.05) is 78.4 Å². The first-order valence-electron chi connectivity index (χ1n) is 9.06. The topological polar surface area (TPSA) is 39.0 Å². The minimum absolute atomic E-state index is 0.207. The highest BCUT2D eigenvalue weighted by Gasteiger charge is 2.19. The van der Waals surface area contributed by atoms with Crippen molar-refractivity contribution in [2.75, 3.05) is 5.32 Å². The molecule has 4 aromatic rings. The molecule has 0 spiro atoms. The van der Waals surface area contributed by atoms with Gasteiger partial charge in [0.15, 0.2) is 17.4 Å². The van der Waals surface area contributed by atoms with Crippen LogP contribution in [-0.2, 0) is 0 Å². The van der Waals surface area contributed by atoms with E-state index in [9.17, 15) is 5.11 Å². The van der Waals surface area contributed by atoms with Crippen LogP contribution in [0, 0.1) is 0 Å². The number of thiocarbonyl (C=S) groups is 1. The largest absolute Gasteiger partial charge is 0.867 e. The van der Waals surface area contributed by atoms with E-state index in [1.165, 1.54) is 0 Å². The zero-order valence-electron chi connectivity index (χ0n) is 15.4. The van der Waals surface area contributed by atoms with E-state index >= 15 is 0 Å². The Hall–Kier alpha value is -3.21. The molecule has 0 atom stereocenters. The Morgan fingerprint density at radius 2 is 1.59 bits per heavy atom. The van der Waals surface area contributed by atoms with E-state index in [0.717, 1.165) is 16.5 Å². The van der Waals surface area contributed by atoms with Gasteiger partial charge >= 0.3 is 0 Å². The standard InChI is InChI=1S/C24H17ClN2OS/c25-19-11-6-10-18(16-19)23(28)22(27-14-4-1-5-15-27)24(29)26-21-13-7-9-17-8-2-3-12-20(17)21/h1-16H,(H-,26,28,29). The first-order chi connectivity index (χ1) is 14.1. The summed E-state index contributed by atoms with van der Waals surface area (Å²) >= 11 is 11.8. The molecule has 29 heavy (non-hydrogen) atoms. The third kappa shape index (κ3) is 4.14. The number of nitrogens with zero attached hydrogens (tertiary/aromatic N) is 1. The smallest absolute Gasteiger partial charge is 0.238 e. The Morgan fingerprint density at radius 3 is 2.38 bits per heavy atom. The summed E-state index contributed by atoms with van der Waals surface area (Å²) in [6.07, 6.45) is 3.60. The summed E-state index contributed by atoms with van der Waals surface area (Å²) in [5.41, 5.74) is 1.68. The third-order valence-corrected chi connectivity index (χ3v) is 5.06. The number of aromatic nitrogens is 1. The molecule has 0 bridgehead atoms. The lowest BCUT2D eigenvalue weighted by Gasteiger charge is -2.17. The second-order valence-electron chi connectivity index (χ2n) is 6.45. The van der Waals surface area contributed by atoms with Crippen molar-refractivity contribution in [3.63, 3.8) is 0 Å². The summed E-state index contributed by atoms with van der Waals surface area (Å²) < 4.78 is 1.73. The molecule has 3 aromatic carbocycles. The highest BCUT2D eigenvalue weighted by atomic mass is 35.5. The van der Waals surface area contributed by atoms with Gasteiger partial charge in [-0.25, -0.2) is 0 Å². The van der Waals surface area contributed by atoms with Gasteiger partial charge in [0, 0.05) is 28.2 Å². The number of fused-ring (bicyclic) bond motifs is 1. The van der Waals surface area contributed by atoms with Crippen molar-refractivity contribution in [2.24, 2.45) is 0 Å². The Balaban J connectivity index is 1.81. The van der Waals surface area contributed by atoms with Gasteiger partial charge in [0.2, 0.25) is 5.70 Å². The van der Waals surface area contributed by atoms with Crippen LogP contribution in [0.25, 0.3) is 22.2 Å². The van der Waals surface area contributed by atoms with Crippen LogP contribution in [0.5, 0.6) is 0 Å². The number of halogens is 1. The molecule has 1 heterocycles. The predicted octanol–water partition coefficient (Wildman–Crippen LogP) is 4.91. The molecule has 142 valence electrons. The van der Waals surface area contributed by atoms with Gasteiger partial charge < -0.3 is 10.4 Å². The normalized spacial score (nSPS) is 11.8. The highest BCUT2D eigenvalue weighted by Crippen LogP contribution is 2.25. The van der Waals surface area contributed by atoms with Crippen molar-refractivity contribution in [1.82, 2.24) is 0 Å². The minimum atomic E-state index is -0.207. The van der Waals surface area contributed by atoms with Crippen molar-refractivity contribution in [1.29, 1.82) is 0 Å². The van der Waals surface area contributed by atoms with Crippen molar-refractivity contribution in [3.8, 4) is 0 Å². The van der Waals surface area contributed by atoms with Crippen LogP contribution in [-0.4, -0.2) is 4.99 Å². The van der Waals surface area contributed by atoms with E-state index in [1.54, 1.807) is 41.2 Å². The van der Waals surface area contributed by atoms with Crippen LogP contribution in [0.15, 0.2) is 97.3 Å². The Labute approximate surface area is 179 Å². The maximum absolute atomic E-state index is 13.3. The Morgan fingerprint density at radius 1 is 0.862 bits per heavy atom. The van der Waals surface area contributed by atoms with Crippen molar-refractivity contribution >= 4 is 56.7 Å². The fourth-order valence-electron chi connectivity index (χ4n) is 3.17. The maximum atomic E-state index is 13.3. The molecule has 0 aliphatic carbocycles. The van der Waals surface area contributed by atoms with Crippen LogP contribution in [0.1, 0.15) is 5.56 Å². The van der Waals surface area contributed by atoms with Gasteiger partial charge in [-0.3, -0.25) is 0 Å². The molecule has 0 amide bonds. The summed E-state index contributed by atoms with van der Waals surface area (Å²) in [5.74, 6) is -0.207. The lowest BCUT2D eigenvalue weighted by atomic mass is 10.1. The molecular weight excluding hydrogens is 400 g/mol. The highest BCUT2D eigenvalue weighted by molar-refractivity contribution is 7.81. The molecule has 0 saturated carbocycles. The number of hydrogen-bond acceptors (Lipinski definition) is 2. The van der Waals surface area contributed by atoms with E-state index < -0.39 is 0 Å². The lowest BCUT2D eigenvalue weighted by Crippen LogP contribution is -2.39. The van der Waals surface area contributed by atoms with Crippen LogP contribution < -0.4 is 15.0 Å². The van der Waals surface area contributed by atoms with Gasteiger partial charge in [-0.05, 0) is 34.9 Å². The summed E-state index contributed by atoms with van der Waals surface area (Å²) in [7, 11) is 0. The van der Waals surface area contributed by atoms with Gasteiger partial charge in [-0.2, -0.15) is 4.57 Å². The van der Waals surface area contributed by atoms with E-state index in [4.69, 9.17) is 23.8 Å². The Kier molecular flexibility index (Phi) is 5.56. The number of nitrogens with one attached hydrogen (secondary N) is 1. The molecule has 0 fully saturated rings. The number of benzene rings is 3. The molecule has 5 heteroatoms. The molecule has 0 radical (unpaired) electrons. The molecule has 0 unspecified atom stereocenters. The van der Waals surface area contributed by atoms with Crippen LogP contribution >= 0.6 is 23.8 Å². The SMILES string of the molecule is [O-]C(=C(C(=S)Nc1cccc2ccccc12)[n+]1ccccc1)c1cccc(Cl)c1. The van der Waals surface area contributed by atoms with Gasteiger partial charge in [0.25, 0.3) is 0 Å². The zero-order chi connectivity index (χ0) is 20.2. The van der Waals surface area contributed by atoms with Gasteiger partial charge in [0.1, 0.15) is 0 Å². The fraction of sp³-hybridized carbons (Fsp3) is 0. The molecular formula is C24H17ClN2OS. The second-order valence-corrected chi connectivity index (χ2v) is 7.30. The molecule has 0 saturated heterocycles. The van der Waals surface area contributed by atoms with Crippen molar-refractivity contribution in [2.45, 2.75) is 0 Å². The molecule has 0 aliphatic rings. The number of rotatable bonds is 4. The predicted molar refractivity (Wildman–Crippen MR) is 121 cm³/mol. The zero-order valence-corrected chi connectivity index (χ0v) is 17.0. The number of pyridine rings is 1. The number of hydrogen-bond donors (Lipinski definition) is 1. The molecule has 4 rings (SSSR count). The summed E-state index contributed by atoms with van der Waals surface area (Å²) in [4.78, 5) is 0.336. The molecule has 1 N–H and O–H groups in total. The Bertz CT molecular complexity index is 1220. The fourth-order valence-corrected chi connectivity index (χ4v) is 3.67. The first-order valence-corrected chi connectivity index (χ1v) is 9.85. The quantitative estimate of drug-likeness (QED) is 0.222. The molecule has 1 aromatic heterocycles. The van der Waals surface area contributed by atoms with Crippen LogP contribution in [0.3, 0.4) is 0 Å². The minimum Gasteiger partial charge on any atom is -0.867 e. The van der Waals surface area contributed by atoms with E-state index in [-0.39, 0.29) is 5.76 Å². The van der Waals surface area contributed by atoms with E-state index in [2.05, 4.69) is 5.32 Å². The van der Waals surface area contributed by atoms with E-state index in [1.807, 2.05) is 60.7 Å². The summed E-state index contributed by atoms with van der Waals surface area (Å²) in [5, 5.41) is 19.2. The lowest BCUT2D eigenvalue weighted by molar-refractivity contribution is -0.577. The van der Waals surface area contributed by atoms with Gasteiger partial charge in [0.05, 0.1) is 0 Å². The van der Waals surface area contributed by atoms with E-state index in [0.29, 0.717) is 21.3 Å². The first kappa shape index (κ1) is 19.1. The van der Waals surface area contributed by atoms with Crippen LogP contribution in [0.2, 0.25) is 5.02 Å². The van der Waals surface area contributed by atoms with Crippen molar-refractivity contribution < 1.29 is 9.67 Å². The summed E-state index contributed by atoms with van der Waals surface area (Å²) in [6, 6.07) is 26.4. The average Bonchev–Trinajstić information content (AvgIpc) is 2.75.